The van der Waals surface area contributed by atoms with Gasteiger partial charge >= 0.3 is 0 Å². The number of rotatable bonds is 4. The molecule has 0 bridgehead atoms. The highest BCUT2D eigenvalue weighted by Crippen LogP contribution is 2.36. The van der Waals surface area contributed by atoms with Gasteiger partial charge in [0.2, 0.25) is 0 Å². The van der Waals surface area contributed by atoms with Crippen molar-refractivity contribution in [1.29, 1.82) is 0 Å². The second-order valence-electron chi connectivity index (χ2n) is 6.46. The van der Waals surface area contributed by atoms with Crippen molar-refractivity contribution < 1.29 is 4.74 Å². The molecule has 4 nitrogen and oxygen atoms in total. The number of nitrogens with one attached hydrogen (secondary N) is 2. The van der Waals surface area contributed by atoms with Gasteiger partial charge in [-0.15, -0.1) is 0 Å². The van der Waals surface area contributed by atoms with Crippen molar-refractivity contribution in [1.82, 2.24) is 15.5 Å². The molecule has 1 heterocycles. The molecular formula is C14H27N3OS. The molecule has 1 aliphatic carbocycles. The molecule has 0 spiro atoms. The van der Waals surface area contributed by atoms with Crippen LogP contribution in [-0.2, 0) is 4.74 Å². The van der Waals surface area contributed by atoms with E-state index in [9.17, 15) is 0 Å². The summed E-state index contributed by atoms with van der Waals surface area (Å²) in [4.78, 5) is 2.41. The second kappa shape index (κ2) is 6.86. The van der Waals surface area contributed by atoms with E-state index < -0.39 is 0 Å². The topological polar surface area (TPSA) is 36.5 Å². The third-order valence-corrected chi connectivity index (χ3v) is 4.38. The quantitative estimate of drug-likeness (QED) is 0.763. The summed E-state index contributed by atoms with van der Waals surface area (Å²) < 4.78 is 5.34. The number of nitrogens with zero attached hydrogens (tertiary/aromatic N) is 1. The molecule has 0 aromatic rings. The standard InChI is InChI=1S/C14H27N3OS/c1-14(2)4-3-12(11-14)16-13(19)15-5-6-17-7-9-18-10-8-17/h12H,3-11H2,1-2H3,(H2,15,16,19). The average molecular weight is 285 g/mol. The Kier molecular flexibility index (Phi) is 5.42. The van der Waals surface area contributed by atoms with Crippen LogP contribution in [0.15, 0.2) is 0 Å². The molecule has 110 valence electrons. The summed E-state index contributed by atoms with van der Waals surface area (Å²) in [6, 6.07) is 0.554. The number of hydrogen-bond donors (Lipinski definition) is 2. The molecule has 1 atom stereocenters. The lowest BCUT2D eigenvalue weighted by molar-refractivity contribution is 0.0389. The Morgan fingerprint density at radius 1 is 1.37 bits per heavy atom. The first kappa shape index (κ1) is 15.0. The highest BCUT2D eigenvalue weighted by Gasteiger charge is 2.30. The zero-order chi connectivity index (χ0) is 13.7. The molecule has 0 aromatic carbocycles. The fraction of sp³-hybridized carbons (Fsp3) is 0.929. The first-order valence-corrected chi connectivity index (χ1v) is 7.80. The predicted molar refractivity (Wildman–Crippen MR) is 82.4 cm³/mol. The van der Waals surface area contributed by atoms with Crippen LogP contribution in [0.3, 0.4) is 0 Å². The summed E-state index contributed by atoms with van der Waals surface area (Å²) in [7, 11) is 0. The van der Waals surface area contributed by atoms with Gasteiger partial charge in [0.15, 0.2) is 5.11 Å². The summed E-state index contributed by atoms with van der Waals surface area (Å²) >= 11 is 5.37. The monoisotopic (exact) mass is 285 g/mol. The summed E-state index contributed by atoms with van der Waals surface area (Å²) in [5.41, 5.74) is 0.473. The average Bonchev–Trinajstić information content (AvgIpc) is 2.70. The van der Waals surface area contributed by atoms with E-state index in [1.807, 2.05) is 0 Å². The molecule has 2 fully saturated rings. The Morgan fingerprint density at radius 3 is 2.74 bits per heavy atom. The largest absolute Gasteiger partial charge is 0.379 e. The van der Waals surface area contributed by atoms with E-state index in [4.69, 9.17) is 17.0 Å². The molecule has 2 rings (SSSR count). The SMILES string of the molecule is CC1(C)CCC(NC(=S)NCCN2CCOCC2)C1. The van der Waals surface area contributed by atoms with E-state index in [2.05, 4.69) is 29.4 Å². The minimum Gasteiger partial charge on any atom is -0.379 e. The van der Waals surface area contributed by atoms with Crippen LogP contribution in [-0.4, -0.2) is 55.4 Å². The Balaban J connectivity index is 1.57. The van der Waals surface area contributed by atoms with E-state index in [0.717, 1.165) is 44.5 Å². The van der Waals surface area contributed by atoms with E-state index in [1.54, 1.807) is 0 Å². The van der Waals surface area contributed by atoms with Crippen molar-refractivity contribution in [2.75, 3.05) is 39.4 Å². The lowest BCUT2D eigenvalue weighted by Crippen LogP contribution is -2.45. The van der Waals surface area contributed by atoms with Crippen molar-refractivity contribution in [3.8, 4) is 0 Å². The minimum atomic E-state index is 0.473. The summed E-state index contributed by atoms with van der Waals surface area (Å²) in [6.45, 7) is 10.4. The number of ether oxygens (including phenoxy) is 1. The van der Waals surface area contributed by atoms with Gasteiger partial charge in [0.1, 0.15) is 0 Å². The van der Waals surface area contributed by atoms with Crippen molar-refractivity contribution in [2.24, 2.45) is 5.41 Å². The number of hydrogen-bond acceptors (Lipinski definition) is 3. The number of thiocarbonyl (C=S) groups is 1. The Labute approximate surface area is 122 Å². The molecular weight excluding hydrogens is 258 g/mol. The zero-order valence-corrected chi connectivity index (χ0v) is 13.0. The van der Waals surface area contributed by atoms with Crippen LogP contribution >= 0.6 is 12.2 Å². The van der Waals surface area contributed by atoms with E-state index in [-0.39, 0.29) is 0 Å². The highest BCUT2D eigenvalue weighted by atomic mass is 32.1. The molecule has 19 heavy (non-hydrogen) atoms. The first-order valence-electron chi connectivity index (χ1n) is 7.40. The predicted octanol–water partition coefficient (Wildman–Crippen LogP) is 1.36. The molecule has 2 aliphatic rings. The van der Waals surface area contributed by atoms with Crippen LogP contribution in [0.5, 0.6) is 0 Å². The molecule has 0 aromatic heterocycles. The van der Waals surface area contributed by atoms with Gasteiger partial charge in [-0.05, 0) is 36.9 Å². The highest BCUT2D eigenvalue weighted by molar-refractivity contribution is 7.80. The van der Waals surface area contributed by atoms with Gasteiger partial charge in [-0.2, -0.15) is 0 Å². The fourth-order valence-electron chi connectivity index (χ4n) is 2.95. The Bertz CT molecular complexity index is 303. The van der Waals surface area contributed by atoms with Crippen LogP contribution in [0.1, 0.15) is 33.1 Å². The van der Waals surface area contributed by atoms with Crippen LogP contribution < -0.4 is 10.6 Å². The Morgan fingerprint density at radius 2 is 2.11 bits per heavy atom. The van der Waals surface area contributed by atoms with Crippen molar-refractivity contribution in [3.05, 3.63) is 0 Å². The van der Waals surface area contributed by atoms with E-state index in [0.29, 0.717) is 11.5 Å². The summed E-state index contributed by atoms with van der Waals surface area (Å²) in [6.07, 6.45) is 3.75. The lowest BCUT2D eigenvalue weighted by Gasteiger charge is -2.27. The maximum absolute atomic E-state index is 5.37. The normalized spacial score (nSPS) is 27.2. The number of morpholine rings is 1. The van der Waals surface area contributed by atoms with Crippen LogP contribution in [0.4, 0.5) is 0 Å². The molecule has 1 saturated carbocycles. The van der Waals surface area contributed by atoms with Gasteiger partial charge in [-0.1, -0.05) is 13.8 Å². The van der Waals surface area contributed by atoms with Gasteiger partial charge in [0, 0.05) is 32.2 Å². The van der Waals surface area contributed by atoms with Crippen molar-refractivity contribution in [3.63, 3.8) is 0 Å². The second-order valence-corrected chi connectivity index (χ2v) is 6.87. The van der Waals surface area contributed by atoms with Crippen LogP contribution in [0.2, 0.25) is 0 Å². The van der Waals surface area contributed by atoms with Gasteiger partial charge in [-0.25, -0.2) is 0 Å². The molecule has 0 amide bonds. The van der Waals surface area contributed by atoms with Crippen LogP contribution in [0, 0.1) is 5.41 Å². The van der Waals surface area contributed by atoms with Gasteiger partial charge in [-0.3, -0.25) is 4.90 Å². The fourth-order valence-corrected chi connectivity index (χ4v) is 3.22. The van der Waals surface area contributed by atoms with E-state index in [1.165, 1.54) is 19.3 Å². The van der Waals surface area contributed by atoms with Crippen molar-refractivity contribution in [2.45, 2.75) is 39.2 Å². The Hall–Kier alpha value is -0.390. The van der Waals surface area contributed by atoms with Crippen molar-refractivity contribution >= 4 is 17.3 Å². The molecule has 5 heteroatoms. The van der Waals surface area contributed by atoms with E-state index >= 15 is 0 Å². The third-order valence-electron chi connectivity index (χ3n) is 4.12. The van der Waals surface area contributed by atoms with Crippen LogP contribution in [0.25, 0.3) is 0 Å². The zero-order valence-electron chi connectivity index (χ0n) is 12.2. The van der Waals surface area contributed by atoms with Gasteiger partial charge < -0.3 is 15.4 Å². The lowest BCUT2D eigenvalue weighted by atomic mass is 9.92. The molecule has 1 unspecified atom stereocenters. The molecule has 1 saturated heterocycles. The maximum Gasteiger partial charge on any atom is 0.166 e. The smallest absolute Gasteiger partial charge is 0.166 e. The third kappa shape index (κ3) is 5.24. The van der Waals surface area contributed by atoms with Gasteiger partial charge in [0.25, 0.3) is 0 Å². The summed E-state index contributed by atoms with van der Waals surface area (Å²) in [5, 5.41) is 7.59. The maximum atomic E-state index is 5.37. The summed E-state index contributed by atoms with van der Waals surface area (Å²) in [5.74, 6) is 0. The molecule has 0 radical (unpaired) electrons. The first-order chi connectivity index (χ1) is 9.05. The minimum absolute atomic E-state index is 0.473. The van der Waals surface area contributed by atoms with Gasteiger partial charge in [0.05, 0.1) is 13.2 Å². The molecule has 2 N–H and O–H groups in total. The molecule has 1 aliphatic heterocycles.